The van der Waals surface area contributed by atoms with Gasteiger partial charge in [0.25, 0.3) is 0 Å². The van der Waals surface area contributed by atoms with Crippen molar-refractivity contribution in [1.29, 1.82) is 0 Å². The first-order valence-corrected chi connectivity index (χ1v) is 8.55. The van der Waals surface area contributed by atoms with Crippen LogP contribution in [-0.2, 0) is 27.8 Å². The average molecular weight is 349 g/mol. The molecule has 1 unspecified atom stereocenters. The van der Waals surface area contributed by atoms with E-state index in [1.54, 1.807) is 0 Å². The van der Waals surface area contributed by atoms with Crippen molar-refractivity contribution in [3.63, 3.8) is 0 Å². The maximum Gasteiger partial charge on any atom is 0.322 e. The van der Waals surface area contributed by atoms with Gasteiger partial charge in [-0.25, -0.2) is 8.42 Å². The van der Waals surface area contributed by atoms with Crippen LogP contribution in [0.4, 0.5) is 0 Å². The molecule has 24 heavy (non-hydrogen) atoms. The van der Waals surface area contributed by atoms with Gasteiger partial charge in [0.2, 0.25) is 10.0 Å². The Kier molecular flexibility index (Phi) is 4.20. The summed E-state index contributed by atoms with van der Waals surface area (Å²) in [5.41, 5.74) is 0.971. The zero-order chi connectivity index (χ0) is 17.3. The summed E-state index contributed by atoms with van der Waals surface area (Å²) in [6, 6.07) is 4.58. The first-order chi connectivity index (χ1) is 11.4. The van der Waals surface area contributed by atoms with E-state index in [1.165, 1.54) is 43.8 Å². The summed E-state index contributed by atoms with van der Waals surface area (Å²) in [6.07, 6.45) is 2.90. The molecule has 0 aliphatic carbocycles. The van der Waals surface area contributed by atoms with Gasteiger partial charge in [-0.1, -0.05) is 0 Å². The highest BCUT2D eigenvalue weighted by Crippen LogP contribution is 2.28. The van der Waals surface area contributed by atoms with Crippen LogP contribution in [0.5, 0.6) is 5.75 Å². The largest absolute Gasteiger partial charge is 0.497 e. The SMILES string of the molecule is COc1ccc(S(=O)(=O)N2Cc3nccnc3CC2C(=O)O)cc1. The molecule has 0 saturated carbocycles. The minimum atomic E-state index is -3.99. The van der Waals surface area contributed by atoms with Gasteiger partial charge in [-0.15, -0.1) is 0 Å². The van der Waals surface area contributed by atoms with Crippen LogP contribution in [0.15, 0.2) is 41.6 Å². The molecule has 0 fully saturated rings. The smallest absolute Gasteiger partial charge is 0.322 e. The Morgan fingerprint density at radius 3 is 2.42 bits per heavy atom. The van der Waals surface area contributed by atoms with E-state index < -0.39 is 22.0 Å². The third-order valence-corrected chi connectivity index (χ3v) is 5.72. The number of rotatable bonds is 4. The number of carbonyl (C=O) groups is 1. The van der Waals surface area contributed by atoms with Crippen LogP contribution in [0.1, 0.15) is 11.4 Å². The molecule has 126 valence electrons. The highest BCUT2D eigenvalue weighted by atomic mass is 32.2. The molecule has 8 nitrogen and oxygen atoms in total. The van der Waals surface area contributed by atoms with Gasteiger partial charge in [-0.05, 0) is 24.3 Å². The van der Waals surface area contributed by atoms with Crippen LogP contribution in [0.2, 0.25) is 0 Å². The second-order valence-corrected chi connectivity index (χ2v) is 7.12. The van der Waals surface area contributed by atoms with Gasteiger partial charge in [-0.3, -0.25) is 14.8 Å². The number of hydrogen-bond acceptors (Lipinski definition) is 6. The van der Waals surface area contributed by atoms with Crippen LogP contribution in [0.25, 0.3) is 0 Å². The Morgan fingerprint density at radius 2 is 1.83 bits per heavy atom. The Balaban J connectivity index is 2.02. The molecule has 1 aliphatic heterocycles. The molecule has 2 heterocycles. The van der Waals surface area contributed by atoms with Gasteiger partial charge in [0.15, 0.2) is 0 Å². The number of ether oxygens (including phenoxy) is 1. The van der Waals surface area contributed by atoms with Crippen LogP contribution in [-0.4, -0.2) is 46.9 Å². The Labute approximate surface area is 138 Å². The number of sulfonamides is 1. The maximum atomic E-state index is 12.9. The number of benzene rings is 1. The van der Waals surface area contributed by atoms with Gasteiger partial charge in [0.05, 0.1) is 29.9 Å². The topological polar surface area (TPSA) is 110 Å². The number of aromatic nitrogens is 2. The molecule has 0 spiro atoms. The predicted octanol–water partition coefficient (Wildman–Crippen LogP) is 0.685. The van der Waals surface area contributed by atoms with E-state index in [4.69, 9.17) is 4.74 Å². The van der Waals surface area contributed by atoms with Crippen molar-refractivity contribution in [2.75, 3.05) is 7.11 Å². The van der Waals surface area contributed by atoms with E-state index in [0.717, 1.165) is 4.31 Å². The van der Waals surface area contributed by atoms with Crippen LogP contribution >= 0.6 is 0 Å². The fraction of sp³-hybridized carbons (Fsp3) is 0.267. The molecule has 0 saturated heterocycles. The van der Waals surface area contributed by atoms with Crippen molar-refractivity contribution < 1.29 is 23.1 Å². The van der Waals surface area contributed by atoms with Gasteiger partial charge >= 0.3 is 5.97 Å². The fourth-order valence-corrected chi connectivity index (χ4v) is 4.13. The molecule has 1 N–H and O–H groups in total. The second kappa shape index (κ2) is 6.17. The highest BCUT2D eigenvalue weighted by molar-refractivity contribution is 7.89. The zero-order valence-electron chi connectivity index (χ0n) is 12.8. The standard InChI is InChI=1S/C15H15N3O5S/c1-23-10-2-4-11(5-3-10)24(21,22)18-9-13-12(16-6-7-17-13)8-14(18)15(19)20/h2-7,14H,8-9H2,1H3,(H,19,20). The van der Waals surface area contributed by atoms with Gasteiger partial charge < -0.3 is 9.84 Å². The number of carboxylic acid groups (broad SMARTS) is 1. The van der Waals surface area contributed by atoms with Gasteiger partial charge in [0, 0.05) is 18.8 Å². The lowest BCUT2D eigenvalue weighted by Gasteiger charge is -2.32. The number of aliphatic carboxylic acids is 1. The Morgan fingerprint density at radius 1 is 1.21 bits per heavy atom. The minimum Gasteiger partial charge on any atom is -0.497 e. The molecule has 9 heteroatoms. The highest BCUT2D eigenvalue weighted by Gasteiger charge is 2.40. The van der Waals surface area contributed by atoms with E-state index in [2.05, 4.69) is 9.97 Å². The molecule has 0 bridgehead atoms. The van der Waals surface area contributed by atoms with Crippen LogP contribution in [0, 0.1) is 0 Å². The molecule has 0 amide bonds. The molecule has 1 aromatic heterocycles. The second-order valence-electron chi connectivity index (χ2n) is 5.23. The molecular formula is C15H15N3O5S. The molecule has 1 atom stereocenters. The Bertz CT molecular complexity index is 867. The number of nitrogens with zero attached hydrogens (tertiary/aromatic N) is 3. The quantitative estimate of drug-likeness (QED) is 0.864. The lowest BCUT2D eigenvalue weighted by molar-refractivity contribution is -0.141. The molecule has 1 aliphatic rings. The summed E-state index contributed by atoms with van der Waals surface area (Å²) in [5.74, 6) is -0.706. The van der Waals surface area contributed by atoms with Gasteiger partial charge in [-0.2, -0.15) is 4.31 Å². The van der Waals surface area contributed by atoms with Gasteiger partial charge in [0.1, 0.15) is 11.8 Å². The van der Waals surface area contributed by atoms with Crippen molar-refractivity contribution in [1.82, 2.24) is 14.3 Å². The summed E-state index contributed by atoms with van der Waals surface area (Å²) in [6.45, 7) is -0.130. The third kappa shape index (κ3) is 2.83. The number of methoxy groups -OCH3 is 1. The Hall–Kier alpha value is -2.52. The molecule has 3 rings (SSSR count). The molecule has 2 aromatic rings. The van der Waals surface area contributed by atoms with Crippen molar-refractivity contribution in [3.8, 4) is 5.75 Å². The summed E-state index contributed by atoms with van der Waals surface area (Å²) < 4.78 is 31.7. The first-order valence-electron chi connectivity index (χ1n) is 7.11. The van der Waals surface area contributed by atoms with Crippen molar-refractivity contribution >= 4 is 16.0 Å². The van der Waals surface area contributed by atoms with Crippen molar-refractivity contribution in [2.45, 2.75) is 23.9 Å². The predicted molar refractivity (Wildman–Crippen MR) is 82.9 cm³/mol. The summed E-state index contributed by atoms with van der Waals surface area (Å²) in [4.78, 5) is 19.8. The van der Waals surface area contributed by atoms with Crippen molar-refractivity contribution in [2.24, 2.45) is 0 Å². The van der Waals surface area contributed by atoms with Crippen molar-refractivity contribution in [3.05, 3.63) is 48.0 Å². The van der Waals surface area contributed by atoms with Crippen LogP contribution < -0.4 is 4.74 Å². The average Bonchev–Trinajstić information content (AvgIpc) is 2.60. The fourth-order valence-electron chi connectivity index (χ4n) is 2.59. The minimum absolute atomic E-state index is 0.00175. The third-order valence-electron chi connectivity index (χ3n) is 3.85. The van der Waals surface area contributed by atoms with E-state index in [-0.39, 0.29) is 17.9 Å². The summed E-state index contributed by atoms with van der Waals surface area (Å²) in [7, 11) is -2.52. The lowest BCUT2D eigenvalue weighted by atomic mass is 10.1. The molecule has 0 radical (unpaired) electrons. The molecular weight excluding hydrogens is 334 g/mol. The van der Waals surface area contributed by atoms with E-state index >= 15 is 0 Å². The zero-order valence-corrected chi connectivity index (χ0v) is 13.6. The van der Waals surface area contributed by atoms with Crippen LogP contribution in [0.3, 0.4) is 0 Å². The van der Waals surface area contributed by atoms with E-state index in [0.29, 0.717) is 17.1 Å². The van der Waals surface area contributed by atoms with E-state index in [1.807, 2.05) is 0 Å². The summed E-state index contributed by atoms with van der Waals surface area (Å²) in [5, 5.41) is 9.45. The summed E-state index contributed by atoms with van der Waals surface area (Å²) >= 11 is 0. The van der Waals surface area contributed by atoms with E-state index in [9.17, 15) is 18.3 Å². The molecule has 1 aromatic carbocycles. The maximum absolute atomic E-state index is 12.9. The lowest BCUT2D eigenvalue weighted by Crippen LogP contribution is -2.49. The number of hydrogen-bond donors (Lipinski definition) is 1. The normalized spacial score (nSPS) is 18.0. The monoisotopic (exact) mass is 349 g/mol. The number of fused-ring (bicyclic) bond motifs is 1. The number of carboxylic acids is 1. The first kappa shape index (κ1) is 16.3.